The first-order valence-electron chi connectivity index (χ1n) is 5.58. The predicted molar refractivity (Wildman–Crippen MR) is 66.2 cm³/mol. The zero-order valence-electron chi connectivity index (χ0n) is 9.87. The Morgan fingerprint density at radius 2 is 2.17 bits per heavy atom. The van der Waals surface area contributed by atoms with Crippen LogP contribution in [0.5, 0.6) is 0 Å². The van der Waals surface area contributed by atoms with E-state index in [9.17, 15) is 15.2 Å². The van der Waals surface area contributed by atoms with E-state index < -0.39 is 11.0 Å². The highest BCUT2D eigenvalue weighted by molar-refractivity contribution is 5.61. The third kappa shape index (κ3) is 2.75. The molecule has 1 atom stereocenters. The second-order valence-electron chi connectivity index (χ2n) is 4.13. The summed E-state index contributed by atoms with van der Waals surface area (Å²) < 4.78 is 5.53. The Hall–Kier alpha value is -2.14. The molecule has 0 aliphatic carbocycles. The summed E-state index contributed by atoms with van der Waals surface area (Å²) in [6.07, 6.45) is -0.0522. The first-order chi connectivity index (χ1) is 8.56. The largest absolute Gasteiger partial charge is 0.461 e. The van der Waals surface area contributed by atoms with Crippen LogP contribution in [0, 0.1) is 10.1 Å². The lowest BCUT2D eigenvalue weighted by Crippen LogP contribution is -2.02. The van der Waals surface area contributed by atoms with Gasteiger partial charge in [0.25, 0.3) is 5.69 Å². The molecule has 0 bridgehead atoms. The van der Waals surface area contributed by atoms with Gasteiger partial charge in [0.1, 0.15) is 11.5 Å². The molecule has 1 aromatic heterocycles. The molecule has 94 valence electrons. The number of aliphatic hydroxyl groups is 1. The van der Waals surface area contributed by atoms with Crippen molar-refractivity contribution in [3.8, 4) is 11.3 Å². The van der Waals surface area contributed by atoms with Gasteiger partial charge in [-0.15, -0.1) is 0 Å². The van der Waals surface area contributed by atoms with Gasteiger partial charge < -0.3 is 9.52 Å². The zero-order valence-corrected chi connectivity index (χ0v) is 9.87. The van der Waals surface area contributed by atoms with Crippen LogP contribution in [0.15, 0.2) is 40.8 Å². The average molecular weight is 247 g/mol. The third-order valence-electron chi connectivity index (χ3n) is 2.50. The average Bonchev–Trinajstić information content (AvgIpc) is 2.77. The minimum Gasteiger partial charge on any atom is -0.461 e. The molecule has 0 aliphatic rings. The van der Waals surface area contributed by atoms with Crippen LogP contribution >= 0.6 is 0 Å². The van der Waals surface area contributed by atoms with E-state index in [0.717, 1.165) is 0 Å². The molecule has 5 heteroatoms. The Morgan fingerprint density at radius 1 is 1.39 bits per heavy atom. The molecule has 0 saturated heterocycles. The van der Waals surface area contributed by atoms with Crippen molar-refractivity contribution in [1.82, 2.24) is 0 Å². The van der Waals surface area contributed by atoms with Gasteiger partial charge in [-0.25, -0.2) is 0 Å². The van der Waals surface area contributed by atoms with Crippen LogP contribution < -0.4 is 0 Å². The second-order valence-corrected chi connectivity index (χ2v) is 4.13. The van der Waals surface area contributed by atoms with Crippen molar-refractivity contribution in [1.29, 1.82) is 0 Å². The summed E-state index contributed by atoms with van der Waals surface area (Å²) in [6, 6.07) is 9.77. The normalized spacial score (nSPS) is 12.3. The van der Waals surface area contributed by atoms with E-state index in [2.05, 4.69) is 0 Å². The first kappa shape index (κ1) is 12.3. The van der Waals surface area contributed by atoms with Gasteiger partial charge in [0.15, 0.2) is 0 Å². The molecule has 0 spiro atoms. The smallest absolute Gasteiger partial charge is 0.270 e. The number of non-ortho nitro benzene ring substituents is 1. The fourth-order valence-electron chi connectivity index (χ4n) is 1.71. The molecule has 5 nitrogen and oxygen atoms in total. The maximum Gasteiger partial charge on any atom is 0.270 e. The molecular weight excluding hydrogens is 234 g/mol. The molecule has 2 rings (SSSR count). The van der Waals surface area contributed by atoms with E-state index >= 15 is 0 Å². The summed E-state index contributed by atoms with van der Waals surface area (Å²) >= 11 is 0. The summed E-state index contributed by atoms with van der Waals surface area (Å²) in [7, 11) is 0. The highest BCUT2D eigenvalue weighted by Gasteiger charge is 2.10. The third-order valence-corrected chi connectivity index (χ3v) is 2.50. The van der Waals surface area contributed by atoms with Crippen LogP contribution in [-0.2, 0) is 6.42 Å². The van der Waals surface area contributed by atoms with Crippen LogP contribution in [0.3, 0.4) is 0 Å². The van der Waals surface area contributed by atoms with E-state index in [1.54, 1.807) is 31.2 Å². The zero-order chi connectivity index (χ0) is 13.1. The monoisotopic (exact) mass is 247 g/mol. The topological polar surface area (TPSA) is 76.5 Å². The molecule has 1 N–H and O–H groups in total. The Balaban J connectivity index is 2.28. The van der Waals surface area contributed by atoms with E-state index in [0.29, 0.717) is 23.5 Å². The van der Waals surface area contributed by atoms with Crippen LogP contribution in [0.4, 0.5) is 5.69 Å². The van der Waals surface area contributed by atoms with Gasteiger partial charge in [-0.1, -0.05) is 12.1 Å². The van der Waals surface area contributed by atoms with Gasteiger partial charge in [0, 0.05) is 24.1 Å². The van der Waals surface area contributed by atoms with Crippen LogP contribution in [0.25, 0.3) is 11.3 Å². The predicted octanol–water partition coefficient (Wildman–Crippen LogP) is 2.78. The van der Waals surface area contributed by atoms with E-state index in [1.807, 2.05) is 0 Å². The van der Waals surface area contributed by atoms with Crippen molar-refractivity contribution >= 4 is 5.69 Å². The molecule has 0 amide bonds. The first-order valence-corrected chi connectivity index (χ1v) is 5.58. The number of benzene rings is 1. The summed E-state index contributed by atoms with van der Waals surface area (Å²) in [6.45, 7) is 1.68. The highest BCUT2D eigenvalue weighted by atomic mass is 16.6. The maximum absolute atomic E-state index is 10.7. The van der Waals surface area contributed by atoms with Crippen LogP contribution in [-0.4, -0.2) is 16.1 Å². The van der Waals surface area contributed by atoms with Crippen molar-refractivity contribution in [2.45, 2.75) is 19.4 Å². The molecule has 18 heavy (non-hydrogen) atoms. The number of rotatable bonds is 4. The molecule has 0 saturated carbocycles. The quantitative estimate of drug-likeness (QED) is 0.665. The van der Waals surface area contributed by atoms with Gasteiger partial charge in [-0.3, -0.25) is 10.1 Å². The Morgan fingerprint density at radius 3 is 2.83 bits per heavy atom. The van der Waals surface area contributed by atoms with Crippen molar-refractivity contribution in [3.05, 3.63) is 52.3 Å². The summed E-state index contributed by atoms with van der Waals surface area (Å²) in [5, 5.41) is 19.9. The van der Waals surface area contributed by atoms with Gasteiger partial charge >= 0.3 is 0 Å². The Kier molecular flexibility index (Phi) is 3.43. The molecule has 0 aliphatic heterocycles. The Labute approximate surface area is 104 Å². The highest BCUT2D eigenvalue weighted by Crippen LogP contribution is 2.26. The minimum atomic E-state index is -0.478. The maximum atomic E-state index is 10.7. The van der Waals surface area contributed by atoms with Gasteiger partial charge in [-0.05, 0) is 19.1 Å². The molecule has 0 fully saturated rings. The molecule has 1 heterocycles. The lowest BCUT2D eigenvalue weighted by Gasteiger charge is -2.00. The number of nitrogens with zero attached hydrogens (tertiary/aromatic N) is 1. The van der Waals surface area contributed by atoms with Crippen molar-refractivity contribution in [2.75, 3.05) is 0 Å². The van der Waals surface area contributed by atoms with Crippen molar-refractivity contribution < 1.29 is 14.4 Å². The number of hydrogen-bond acceptors (Lipinski definition) is 4. The summed E-state index contributed by atoms with van der Waals surface area (Å²) in [5.41, 5.74) is 0.682. The Bertz CT molecular complexity index is 560. The van der Waals surface area contributed by atoms with E-state index in [-0.39, 0.29) is 5.69 Å². The van der Waals surface area contributed by atoms with Crippen LogP contribution in [0.2, 0.25) is 0 Å². The second kappa shape index (κ2) is 5.01. The summed E-state index contributed by atoms with van der Waals surface area (Å²) in [4.78, 5) is 10.2. The lowest BCUT2D eigenvalue weighted by molar-refractivity contribution is -0.384. The van der Waals surface area contributed by atoms with Gasteiger partial charge in [0.05, 0.1) is 11.0 Å². The standard InChI is InChI=1S/C13H13NO4/c1-9(15)7-12-5-6-13(18-12)10-3-2-4-11(8-10)14(16)17/h2-6,8-9,15H,7H2,1H3. The number of aliphatic hydroxyl groups excluding tert-OH is 1. The van der Waals surface area contributed by atoms with E-state index in [1.165, 1.54) is 12.1 Å². The fourth-order valence-corrected chi connectivity index (χ4v) is 1.71. The molecule has 1 aromatic carbocycles. The SMILES string of the molecule is CC(O)Cc1ccc(-c2cccc([N+](=O)[O-])c2)o1. The molecular formula is C13H13NO4. The molecule has 2 aromatic rings. The van der Waals surface area contributed by atoms with Crippen molar-refractivity contribution in [2.24, 2.45) is 0 Å². The number of hydrogen-bond donors (Lipinski definition) is 1. The van der Waals surface area contributed by atoms with Crippen LogP contribution in [0.1, 0.15) is 12.7 Å². The summed E-state index contributed by atoms with van der Waals surface area (Å²) in [5.74, 6) is 1.22. The number of nitro groups is 1. The molecule has 0 radical (unpaired) electrons. The number of nitro benzene ring substituents is 1. The van der Waals surface area contributed by atoms with E-state index in [4.69, 9.17) is 4.42 Å². The minimum absolute atomic E-state index is 0.0287. The lowest BCUT2D eigenvalue weighted by atomic mass is 10.1. The fraction of sp³-hybridized carbons (Fsp3) is 0.231. The van der Waals surface area contributed by atoms with Gasteiger partial charge in [-0.2, -0.15) is 0 Å². The van der Waals surface area contributed by atoms with Gasteiger partial charge in [0.2, 0.25) is 0 Å². The number of furan rings is 1. The van der Waals surface area contributed by atoms with Crippen molar-refractivity contribution in [3.63, 3.8) is 0 Å². The molecule has 1 unspecified atom stereocenters.